The molecule has 8 rings (SSSR count). The number of nitrogens with zero attached hydrogens (tertiary/aromatic N) is 2. The zero-order valence-corrected chi connectivity index (χ0v) is 17.0. The number of hydrogen-bond acceptors (Lipinski definition) is 2. The van der Waals surface area contributed by atoms with Gasteiger partial charge in [-0.3, -0.25) is 4.98 Å². The van der Waals surface area contributed by atoms with Crippen molar-refractivity contribution < 1.29 is 4.42 Å². The van der Waals surface area contributed by atoms with Crippen molar-refractivity contribution in [3.63, 3.8) is 0 Å². The summed E-state index contributed by atoms with van der Waals surface area (Å²) >= 11 is 0. The lowest BCUT2D eigenvalue weighted by Crippen LogP contribution is -1.86. The largest absolute Gasteiger partial charge is 0.455 e. The summed E-state index contributed by atoms with van der Waals surface area (Å²) in [4.78, 5) is 4.66. The van der Waals surface area contributed by atoms with Crippen LogP contribution in [-0.2, 0) is 0 Å². The van der Waals surface area contributed by atoms with E-state index in [2.05, 4.69) is 82.2 Å². The number of benzene rings is 4. The van der Waals surface area contributed by atoms with Gasteiger partial charge in [-0.15, -0.1) is 0 Å². The van der Waals surface area contributed by atoms with Gasteiger partial charge in [-0.1, -0.05) is 60.7 Å². The predicted octanol–water partition coefficient (Wildman–Crippen LogP) is 7.80. The second-order valence-electron chi connectivity index (χ2n) is 8.39. The lowest BCUT2D eigenvalue weighted by atomic mass is 10.0. The molecule has 0 radical (unpaired) electrons. The van der Waals surface area contributed by atoms with Gasteiger partial charge in [0.25, 0.3) is 0 Å². The number of aromatic nitrogens is 2. The average molecular weight is 408 g/mol. The molecule has 0 saturated heterocycles. The lowest BCUT2D eigenvalue weighted by Gasteiger charge is -2.05. The van der Waals surface area contributed by atoms with Crippen molar-refractivity contribution in [3.8, 4) is 11.3 Å². The highest BCUT2D eigenvalue weighted by atomic mass is 16.3. The van der Waals surface area contributed by atoms with Crippen LogP contribution >= 0.6 is 0 Å². The first-order valence-corrected chi connectivity index (χ1v) is 10.8. The van der Waals surface area contributed by atoms with Crippen LogP contribution in [-0.4, -0.2) is 9.38 Å². The number of para-hydroxylation sites is 3. The minimum Gasteiger partial charge on any atom is -0.455 e. The average Bonchev–Trinajstić information content (AvgIpc) is 3.50. The zero-order chi connectivity index (χ0) is 20.8. The van der Waals surface area contributed by atoms with Crippen molar-refractivity contribution >= 4 is 60.0 Å². The molecule has 0 spiro atoms. The molecule has 0 aliphatic carbocycles. The molecule has 0 N–H and O–H groups in total. The van der Waals surface area contributed by atoms with E-state index in [1.807, 2.05) is 24.4 Å². The molecule has 3 heteroatoms. The maximum Gasteiger partial charge on any atom is 0.146 e. The van der Waals surface area contributed by atoms with E-state index >= 15 is 0 Å². The van der Waals surface area contributed by atoms with Gasteiger partial charge in [-0.2, -0.15) is 0 Å². The van der Waals surface area contributed by atoms with Crippen molar-refractivity contribution in [1.29, 1.82) is 0 Å². The molecule has 0 bridgehead atoms. The highest BCUT2D eigenvalue weighted by molar-refractivity contribution is 6.31. The topological polar surface area (TPSA) is 30.4 Å². The fraction of sp³-hybridized carbons (Fsp3) is 0. The standard InChI is InChI=1S/C29H16N2O/c1-3-13-24-17(8-1)18-10-7-11-19-21-16-22(23-12-5-6-15-30-23)29-26(28(21)31(24)27(18)19)20-9-2-4-14-25(20)32-29/h1-16H. The molecular formula is C29H16N2O. The first kappa shape index (κ1) is 16.3. The number of rotatable bonds is 1. The second-order valence-corrected chi connectivity index (χ2v) is 8.39. The third-order valence-corrected chi connectivity index (χ3v) is 6.77. The highest BCUT2D eigenvalue weighted by Crippen LogP contribution is 2.46. The molecule has 0 atom stereocenters. The van der Waals surface area contributed by atoms with Gasteiger partial charge >= 0.3 is 0 Å². The van der Waals surface area contributed by atoms with Crippen LogP contribution in [0.1, 0.15) is 0 Å². The monoisotopic (exact) mass is 408 g/mol. The summed E-state index contributed by atoms with van der Waals surface area (Å²) in [7, 11) is 0. The molecule has 4 aromatic carbocycles. The van der Waals surface area contributed by atoms with Crippen molar-refractivity contribution in [2.24, 2.45) is 0 Å². The van der Waals surface area contributed by atoms with Gasteiger partial charge in [0.15, 0.2) is 0 Å². The molecule has 32 heavy (non-hydrogen) atoms. The summed E-state index contributed by atoms with van der Waals surface area (Å²) in [6.45, 7) is 0. The summed E-state index contributed by atoms with van der Waals surface area (Å²) in [6.07, 6.45) is 1.84. The van der Waals surface area contributed by atoms with Crippen LogP contribution in [0.15, 0.2) is 102 Å². The smallest absolute Gasteiger partial charge is 0.146 e. The Morgan fingerprint density at radius 1 is 0.625 bits per heavy atom. The molecule has 0 unspecified atom stereocenters. The molecule has 0 saturated carbocycles. The van der Waals surface area contributed by atoms with E-state index in [9.17, 15) is 0 Å². The van der Waals surface area contributed by atoms with E-state index in [1.54, 1.807) is 0 Å². The SMILES string of the molecule is c1ccc(-c2cc3c4cccc5c6ccccc6n(c54)c3c3c2oc2ccccc23)nc1. The quantitative estimate of drug-likeness (QED) is 0.277. The minimum absolute atomic E-state index is 0.891. The van der Waals surface area contributed by atoms with Gasteiger partial charge in [-0.25, -0.2) is 0 Å². The van der Waals surface area contributed by atoms with Crippen LogP contribution in [0, 0.1) is 0 Å². The number of fused-ring (bicyclic) bond motifs is 10. The summed E-state index contributed by atoms with van der Waals surface area (Å²) < 4.78 is 8.93. The molecule has 4 aromatic heterocycles. The third kappa shape index (κ3) is 1.85. The van der Waals surface area contributed by atoms with E-state index in [-0.39, 0.29) is 0 Å². The Kier molecular flexibility index (Phi) is 2.89. The molecule has 0 aliphatic heterocycles. The normalized spacial score (nSPS) is 12.4. The Morgan fingerprint density at radius 2 is 1.38 bits per heavy atom. The molecule has 0 fully saturated rings. The predicted molar refractivity (Wildman–Crippen MR) is 132 cm³/mol. The van der Waals surface area contributed by atoms with E-state index in [0.717, 1.165) is 33.2 Å². The van der Waals surface area contributed by atoms with Crippen molar-refractivity contribution in [1.82, 2.24) is 9.38 Å². The molecular weight excluding hydrogens is 392 g/mol. The molecule has 8 aromatic rings. The number of pyridine rings is 1. The van der Waals surface area contributed by atoms with Crippen molar-refractivity contribution in [2.75, 3.05) is 0 Å². The van der Waals surface area contributed by atoms with Crippen molar-refractivity contribution in [3.05, 3.63) is 97.2 Å². The van der Waals surface area contributed by atoms with Crippen LogP contribution in [0.3, 0.4) is 0 Å². The van der Waals surface area contributed by atoms with Crippen LogP contribution in [0.25, 0.3) is 71.3 Å². The van der Waals surface area contributed by atoms with Gasteiger partial charge in [0.05, 0.1) is 27.6 Å². The number of furan rings is 1. The molecule has 3 nitrogen and oxygen atoms in total. The minimum atomic E-state index is 0.891. The maximum atomic E-state index is 6.49. The van der Waals surface area contributed by atoms with Crippen LogP contribution in [0.5, 0.6) is 0 Å². The summed E-state index contributed by atoms with van der Waals surface area (Å²) in [5.74, 6) is 0. The Morgan fingerprint density at radius 3 is 2.25 bits per heavy atom. The summed E-state index contributed by atoms with van der Waals surface area (Å²) in [5.41, 5.74) is 7.45. The van der Waals surface area contributed by atoms with Gasteiger partial charge in [0.2, 0.25) is 0 Å². The molecule has 148 valence electrons. The Bertz CT molecular complexity index is 1980. The van der Waals surface area contributed by atoms with Gasteiger partial charge in [0.1, 0.15) is 11.2 Å². The van der Waals surface area contributed by atoms with Gasteiger partial charge < -0.3 is 8.82 Å². The Balaban J connectivity index is 1.75. The molecule has 4 heterocycles. The first-order valence-electron chi connectivity index (χ1n) is 10.8. The fourth-order valence-electron chi connectivity index (χ4n) is 5.50. The zero-order valence-electron chi connectivity index (χ0n) is 17.0. The van der Waals surface area contributed by atoms with E-state index < -0.39 is 0 Å². The van der Waals surface area contributed by atoms with E-state index in [0.29, 0.717) is 0 Å². The summed E-state index contributed by atoms with van der Waals surface area (Å²) in [6, 6.07) is 31.9. The Hall–Kier alpha value is -4.37. The van der Waals surface area contributed by atoms with Crippen molar-refractivity contribution in [2.45, 2.75) is 0 Å². The Labute approximate surface area is 182 Å². The molecule has 0 aliphatic rings. The maximum absolute atomic E-state index is 6.49. The molecule has 0 amide bonds. The second kappa shape index (κ2) is 5.65. The van der Waals surface area contributed by atoms with E-state index in [4.69, 9.17) is 4.42 Å². The van der Waals surface area contributed by atoms with Crippen LogP contribution in [0.2, 0.25) is 0 Å². The third-order valence-electron chi connectivity index (χ3n) is 6.77. The van der Waals surface area contributed by atoms with Gasteiger partial charge in [-0.05, 0) is 30.3 Å². The van der Waals surface area contributed by atoms with Crippen LogP contribution in [0.4, 0.5) is 0 Å². The lowest BCUT2D eigenvalue weighted by molar-refractivity contribution is 0.670. The van der Waals surface area contributed by atoms with Crippen LogP contribution < -0.4 is 0 Å². The van der Waals surface area contributed by atoms with E-state index in [1.165, 1.54) is 38.1 Å². The van der Waals surface area contributed by atoms with Gasteiger partial charge in [0, 0.05) is 38.7 Å². The summed E-state index contributed by atoms with van der Waals surface area (Å²) in [5, 5.41) is 7.35. The number of hydrogen-bond donors (Lipinski definition) is 0. The highest BCUT2D eigenvalue weighted by Gasteiger charge is 2.23. The first-order chi connectivity index (χ1) is 15.9. The fourth-order valence-corrected chi connectivity index (χ4v) is 5.50.